The third-order valence-corrected chi connectivity index (χ3v) is 10.0. The van der Waals surface area contributed by atoms with Gasteiger partial charge in [0, 0.05) is 13.2 Å². The first-order valence-electron chi connectivity index (χ1n) is 24.8. The highest BCUT2D eigenvalue weighted by Crippen LogP contribution is 2.13. The molecular weight excluding hydrogens is 753 g/mol. The van der Waals surface area contributed by atoms with Gasteiger partial charge in [-0.1, -0.05) is 155 Å². The molecule has 0 N–H and O–H groups in total. The Labute approximate surface area is 364 Å². The van der Waals surface area contributed by atoms with E-state index in [-0.39, 0.29) is 0 Å². The lowest BCUT2D eigenvalue weighted by atomic mass is 10.0. The van der Waals surface area contributed by atoms with E-state index in [1.165, 1.54) is 141 Å². The molecule has 0 rings (SSSR count). The average Bonchev–Trinajstić information content (AvgIpc) is 3.25. The van der Waals surface area contributed by atoms with Crippen LogP contribution in [0.2, 0.25) is 0 Å². The van der Waals surface area contributed by atoms with Crippen molar-refractivity contribution in [2.24, 2.45) is 0 Å². The topological polar surface area (TPSA) is 102 Å². The number of hydrogen-bond acceptors (Lipinski definition) is 11. The summed E-state index contributed by atoms with van der Waals surface area (Å²) >= 11 is 0. The van der Waals surface area contributed by atoms with Crippen LogP contribution in [-0.2, 0) is 52.1 Å². The van der Waals surface area contributed by atoms with Gasteiger partial charge in [-0.15, -0.1) is 0 Å². The molecule has 0 unspecified atom stereocenters. The molecule has 59 heavy (non-hydrogen) atoms. The normalized spacial score (nSPS) is 11.7. The molecular formula is C48H98O11. The van der Waals surface area contributed by atoms with Gasteiger partial charge < -0.3 is 52.1 Å². The van der Waals surface area contributed by atoms with Crippen molar-refractivity contribution >= 4 is 0 Å². The zero-order valence-corrected chi connectivity index (χ0v) is 39.0. The Morgan fingerprint density at radius 2 is 0.254 bits per heavy atom. The lowest BCUT2D eigenvalue weighted by Crippen LogP contribution is -2.15. The van der Waals surface area contributed by atoms with Crippen LogP contribution in [0.5, 0.6) is 0 Å². The third kappa shape index (κ3) is 57.6. The largest absolute Gasteiger partial charge is 0.379 e. The Balaban J connectivity index is 3.06. The molecule has 0 saturated heterocycles. The van der Waals surface area contributed by atoms with E-state index in [0.717, 1.165) is 26.1 Å². The van der Waals surface area contributed by atoms with Gasteiger partial charge in [-0.25, -0.2) is 0 Å². The highest BCUT2D eigenvalue weighted by molar-refractivity contribution is 4.50. The highest BCUT2D eigenvalue weighted by atomic mass is 16.6. The summed E-state index contributed by atoms with van der Waals surface area (Å²) in [7, 11) is 0. The molecule has 356 valence electrons. The van der Waals surface area contributed by atoms with Crippen molar-refractivity contribution in [3.05, 3.63) is 0 Å². The molecule has 11 heteroatoms. The highest BCUT2D eigenvalue weighted by Gasteiger charge is 1.99. The zero-order chi connectivity index (χ0) is 42.3. The summed E-state index contributed by atoms with van der Waals surface area (Å²) in [5.41, 5.74) is 0. The first-order chi connectivity index (χ1) is 29.4. The quantitative estimate of drug-likeness (QED) is 0.0547. The van der Waals surface area contributed by atoms with E-state index in [1.54, 1.807) is 0 Å². The summed E-state index contributed by atoms with van der Waals surface area (Å²) in [6.45, 7) is 17.5. The van der Waals surface area contributed by atoms with Crippen molar-refractivity contribution in [2.75, 3.05) is 145 Å². The van der Waals surface area contributed by atoms with Crippen LogP contribution in [0.15, 0.2) is 0 Å². The van der Waals surface area contributed by atoms with Crippen LogP contribution >= 0.6 is 0 Å². The van der Waals surface area contributed by atoms with Crippen LogP contribution in [0.25, 0.3) is 0 Å². The van der Waals surface area contributed by atoms with Gasteiger partial charge in [0.05, 0.1) is 132 Å². The maximum Gasteiger partial charge on any atom is 0.0701 e. The van der Waals surface area contributed by atoms with Crippen molar-refractivity contribution in [1.82, 2.24) is 0 Å². The van der Waals surface area contributed by atoms with E-state index < -0.39 is 0 Å². The fourth-order valence-corrected chi connectivity index (χ4v) is 6.39. The molecule has 0 spiro atoms. The van der Waals surface area contributed by atoms with Crippen LogP contribution in [0.1, 0.15) is 168 Å². The molecule has 0 aliphatic rings. The lowest BCUT2D eigenvalue weighted by molar-refractivity contribution is -0.0275. The van der Waals surface area contributed by atoms with E-state index in [9.17, 15) is 0 Å². The summed E-state index contributed by atoms with van der Waals surface area (Å²) in [5.74, 6) is 0. The first-order valence-corrected chi connectivity index (χ1v) is 24.8. The second-order valence-corrected chi connectivity index (χ2v) is 15.5. The van der Waals surface area contributed by atoms with Crippen LogP contribution in [-0.4, -0.2) is 145 Å². The van der Waals surface area contributed by atoms with Gasteiger partial charge in [0.1, 0.15) is 0 Å². The van der Waals surface area contributed by atoms with Crippen LogP contribution in [0.4, 0.5) is 0 Å². The Kier molecular flexibility index (Phi) is 57.1. The second kappa shape index (κ2) is 57.6. The number of unbranched alkanes of at least 4 members (excludes halogenated alkanes) is 22. The van der Waals surface area contributed by atoms with Gasteiger partial charge in [0.15, 0.2) is 0 Å². The summed E-state index contributed by atoms with van der Waals surface area (Å²) in [6, 6.07) is 0. The molecule has 0 aromatic rings. The van der Waals surface area contributed by atoms with Crippen LogP contribution < -0.4 is 0 Å². The van der Waals surface area contributed by atoms with Crippen molar-refractivity contribution in [1.29, 1.82) is 0 Å². The summed E-state index contributed by atoms with van der Waals surface area (Å²) < 4.78 is 61.3. The van der Waals surface area contributed by atoms with Crippen molar-refractivity contribution in [3.63, 3.8) is 0 Å². The third-order valence-electron chi connectivity index (χ3n) is 10.0. The minimum absolute atomic E-state index is 0.529. The molecule has 0 atom stereocenters. The smallest absolute Gasteiger partial charge is 0.0701 e. The molecule has 0 heterocycles. The van der Waals surface area contributed by atoms with Gasteiger partial charge in [0.2, 0.25) is 0 Å². The van der Waals surface area contributed by atoms with E-state index >= 15 is 0 Å². The fourth-order valence-electron chi connectivity index (χ4n) is 6.39. The van der Waals surface area contributed by atoms with E-state index in [2.05, 4.69) is 13.8 Å². The number of rotatable bonds is 56. The van der Waals surface area contributed by atoms with E-state index in [1.807, 2.05) is 0 Å². The summed E-state index contributed by atoms with van der Waals surface area (Å²) in [5, 5.41) is 0. The molecule has 0 saturated carbocycles. The zero-order valence-electron chi connectivity index (χ0n) is 39.0. The van der Waals surface area contributed by atoms with E-state index in [4.69, 9.17) is 52.1 Å². The predicted octanol–water partition coefficient (Wildman–Crippen LogP) is 10.6. The predicted molar refractivity (Wildman–Crippen MR) is 241 cm³/mol. The van der Waals surface area contributed by atoms with Gasteiger partial charge in [-0.05, 0) is 12.8 Å². The van der Waals surface area contributed by atoms with Crippen LogP contribution in [0, 0.1) is 0 Å². The van der Waals surface area contributed by atoms with Crippen molar-refractivity contribution < 1.29 is 52.1 Å². The minimum atomic E-state index is 0.529. The molecule has 11 nitrogen and oxygen atoms in total. The maximum absolute atomic E-state index is 5.69. The lowest BCUT2D eigenvalue weighted by Gasteiger charge is -2.09. The van der Waals surface area contributed by atoms with Crippen LogP contribution in [0.3, 0.4) is 0 Å². The Hall–Kier alpha value is -0.440. The second-order valence-electron chi connectivity index (χ2n) is 15.5. The molecule has 0 aliphatic carbocycles. The van der Waals surface area contributed by atoms with Gasteiger partial charge in [-0.3, -0.25) is 0 Å². The van der Waals surface area contributed by atoms with Gasteiger partial charge >= 0.3 is 0 Å². The Bertz CT molecular complexity index is 650. The number of hydrogen-bond donors (Lipinski definition) is 0. The molecule has 0 radical (unpaired) electrons. The molecule has 0 amide bonds. The SMILES string of the molecule is CCCCCCCCCCCCCCCCOCCOCCOCCOCCOCCOCCOCCOCCOCCOCCOCCCCCCCCCCCC. The summed E-state index contributed by atoms with van der Waals surface area (Å²) in [6.07, 6.45) is 32.7. The fraction of sp³-hybridized carbons (Fsp3) is 1.00. The average molecular weight is 851 g/mol. The molecule has 0 aromatic carbocycles. The summed E-state index contributed by atoms with van der Waals surface area (Å²) in [4.78, 5) is 0. The Morgan fingerprint density at radius 1 is 0.136 bits per heavy atom. The van der Waals surface area contributed by atoms with Crippen molar-refractivity contribution in [3.8, 4) is 0 Å². The van der Waals surface area contributed by atoms with E-state index in [0.29, 0.717) is 132 Å². The molecule has 0 aromatic heterocycles. The monoisotopic (exact) mass is 851 g/mol. The van der Waals surface area contributed by atoms with Crippen molar-refractivity contribution in [2.45, 2.75) is 168 Å². The maximum atomic E-state index is 5.69. The molecule has 0 fully saturated rings. The minimum Gasteiger partial charge on any atom is -0.379 e. The first kappa shape index (κ1) is 58.6. The molecule has 0 aliphatic heterocycles. The Morgan fingerprint density at radius 3 is 0.407 bits per heavy atom. The molecule has 0 bridgehead atoms. The number of ether oxygens (including phenoxy) is 11. The van der Waals surface area contributed by atoms with Gasteiger partial charge in [-0.2, -0.15) is 0 Å². The standard InChI is InChI=1S/C48H98O11/c1-3-5-7-9-11-13-15-16-17-18-20-22-24-26-28-50-30-32-52-34-36-54-38-40-56-42-44-58-46-48-59-47-45-57-43-41-55-39-37-53-35-33-51-31-29-49-27-25-23-21-19-14-12-10-8-6-4-2/h3-48H2,1-2H3. The van der Waals surface area contributed by atoms with Gasteiger partial charge in [0.25, 0.3) is 0 Å².